The minimum absolute atomic E-state index is 0.171. The Morgan fingerprint density at radius 3 is 2.42 bits per heavy atom. The van der Waals surface area contributed by atoms with Crippen LogP contribution in [0.4, 0.5) is 0 Å². The van der Waals surface area contributed by atoms with Gasteiger partial charge in [-0.05, 0) is 44.7 Å². The van der Waals surface area contributed by atoms with Gasteiger partial charge in [-0.15, -0.1) is 0 Å². The van der Waals surface area contributed by atoms with Crippen LogP contribution in [0.2, 0.25) is 0 Å². The lowest BCUT2D eigenvalue weighted by Crippen LogP contribution is -2.55. The first-order valence-corrected chi connectivity index (χ1v) is 10.3. The Labute approximate surface area is 157 Å². The molecule has 0 bridgehead atoms. The summed E-state index contributed by atoms with van der Waals surface area (Å²) in [5.41, 5.74) is 0. The maximum Gasteiger partial charge on any atom is 0.251 e. The van der Waals surface area contributed by atoms with Crippen molar-refractivity contribution in [2.45, 2.75) is 38.7 Å². The minimum Gasteiger partial charge on any atom is -0.368 e. The molecule has 0 radical (unpaired) electrons. The lowest BCUT2D eigenvalue weighted by Gasteiger charge is -2.37. The van der Waals surface area contributed by atoms with Gasteiger partial charge < -0.3 is 24.8 Å². The molecule has 7 heteroatoms. The average molecular weight is 366 g/mol. The topological polar surface area (TPSA) is 60.4 Å². The van der Waals surface area contributed by atoms with Crippen molar-refractivity contribution < 1.29 is 9.53 Å². The highest BCUT2D eigenvalue weighted by molar-refractivity contribution is 5.82. The number of likely N-dealkylation sites (tertiary alicyclic amines) is 1. The Morgan fingerprint density at radius 2 is 1.81 bits per heavy atom. The average Bonchev–Trinajstić information content (AvgIpc) is 3.36. The first-order chi connectivity index (χ1) is 12.7. The number of piperazine rings is 1. The van der Waals surface area contributed by atoms with Crippen LogP contribution in [0, 0.1) is 5.92 Å². The standard InChI is InChI=1S/C19H35N5O2/c1-16(15-22-7-3-4-8-22)14-21-19(20-2)24-11-9-23(10-12-24)18(25)17-6-5-13-26-17/h16-17H,3-15H2,1-2H3,(H,20,21). The van der Waals surface area contributed by atoms with E-state index in [4.69, 9.17) is 4.74 Å². The van der Waals surface area contributed by atoms with Crippen LogP contribution in [0.1, 0.15) is 32.6 Å². The van der Waals surface area contributed by atoms with E-state index < -0.39 is 0 Å². The third-order valence-corrected chi connectivity index (χ3v) is 5.68. The van der Waals surface area contributed by atoms with Crippen LogP contribution in [0.5, 0.6) is 0 Å². The van der Waals surface area contributed by atoms with Crippen LogP contribution in [0.3, 0.4) is 0 Å². The van der Waals surface area contributed by atoms with Gasteiger partial charge in [-0.3, -0.25) is 9.79 Å². The zero-order chi connectivity index (χ0) is 18.4. The molecule has 2 atom stereocenters. The predicted molar refractivity (Wildman–Crippen MR) is 103 cm³/mol. The number of hydrogen-bond acceptors (Lipinski definition) is 4. The normalized spacial score (nSPS) is 26.4. The van der Waals surface area contributed by atoms with Gasteiger partial charge in [0.2, 0.25) is 0 Å². The molecular weight excluding hydrogens is 330 g/mol. The highest BCUT2D eigenvalue weighted by Crippen LogP contribution is 2.16. The molecule has 2 unspecified atom stereocenters. The Bertz CT molecular complexity index is 478. The summed E-state index contributed by atoms with van der Waals surface area (Å²) in [6, 6.07) is 0. The van der Waals surface area contributed by atoms with Crippen LogP contribution in [0.25, 0.3) is 0 Å². The molecule has 3 fully saturated rings. The number of rotatable bonds is 5. The van der Waals surface area contributed by atoms with Crippen molar-refractivity contribution in [2.75, 3.05) is 66.0 Å². The Morgan fingerprint density at radius 1 is 1.12 bits per heavy atom. The zero-order valence-corrected chi connectivity index (χ0v) is 16.5. The van der Waals surface area contributed by atoms with E-state index in [1.807, 2.05) is 11.9 Å². The molecule has 7 nitrogen and oxygen atoms in total. The van der Waals surface area contributed by atoms with Crippen molar-refractivity contribution in [2.24, 2.45) is 10.9 Å². The summed E-state index contributed by atoms with van der Waals surface area (Å²) in [4.78, 5) is 23.7. The molecule has 3 heterocycles. The van der Waals surface area contributed by atoms with Crippen molar-refractivity contribution in [3.05, 3.63) is 0 Å². The van der Waals surface area contributed by atoms with Gasteiger partial charge in [0.05, 0.1) is 0 Å². The lowest BCUT2D eigenvalue weighted by molar-refractivity contribution is -0.142. The number of nitrogens with one attached hydrogen (secondary N) is 1. The lowest BCUT2D eigenvalue weighted by atomic mass is 10.1. The molecule has 1 amide bonds. The Balaban J connectivity index is 1.39. The van der Waals surface area contributed by atoms with Gasteiger partial charge >= 0.3 is 0 Å². The second-order valence-electron chi connectivity index (χ2n) is 7.85. The van der Waals surface area contributed by atoms with Gasteiger partial charge in [0.1, 0.15) is 6.10 Å². The van der Waals surface area contributed by atoms with E-state index in [2.05, 4.69) is 27.0 Å². The van der Waals surface area contributed by atoms with Gasteiger partial charge in [-0.1, -0.05) is 6.92 Å². The van der Waals surface area contributed by atoms with Gasteiger partial charge in [0.25, 0.3) is 5.91 Å². The summed E-state index contributed by atoms with van der Waals surface area (Å²) >= 11 is 0. The zero-order valence-electron chi connectivity index (χ0n) is 16.5. The van der Waals surface area contributed by atoms with Crippen molar-refractivity contribution in [3.8, 4) is 0 Å². The molecule has 0 aromatic heterocycles. The van der Waals surface area contributed by atoms with Gasteiger partial charge in [0, 0.05) is 52.9 Å². The first kappa shape index (κ1) is 19.4. The fourth-order valence-electron chi connectivity index (χ4n) is 4.18. The highest BCUT2D eigenvalue weighted by atomic mass is 16.5. The third kappa shape index (κ3) is 5.10. The molecule has 3 aliphatic rings. The summed E-state index contributed by atoms with van der Waals surface area (Å²) in [5.74, 6) is 1.74. The molecule has 26 heavy (non-hydrogen) atoms. The third-order valence-electron chi connectivity index (χ3n) is 5.68. The SMILES string of the molecule is CN=C(NCC(C)CN1CCCC1)N1CCN(C(=O)C2CCCO2)CC1. The second kappa shape index (κ2) is 9.55. The monoisotopic (exact) mass is 365 g/mol. The summed E-state index contributed by atoms with van der Waals surface area (Å²) in [6.45, 7) is 10.8. The number of guanidine groups is 1. The van der Waals surface area contributed by atoms with Crippen molar-refractivity contribution in [1.82, 2.24) is 20.0 Å². The van der Waals surface area contributed by atoms with E-state index in [9.17, 15) is 4.79 Å². The molecular formula is C19H35N5O2. The van der Waals surface area contributed by atoms with Crippen LogP contribution >= 0.6 is 0 Å². The molecule has 0 spiro atoms. The fourth-order valence-corrected chi connectivity index (χ4v) is 4.18. The number of hydrogen-bond donors (Lipinski definition) is 1. The number of carbonyl (C=O) groups is 1. The number of aliphatic imine (C=N–C) groups is 1. The van der Waals surface area contributed by atoms with E-state index in [0.29, 0.717) is 5.92 Å². The fraction of sp³-hybridized carbons (Fsp3) is 0.895. The molecule has 148 valence electrons. The summed E-state index contributed by atoms with van der Waals surface area (Å²) in [5, 5.41) is 3.53. The number of ether oxygens (including phenoxy) is 1. The van der Waals surface area contributed by atoms with Gasteiger partial charge in [0.15, 0.2) is 5.96 Å². The van der Waals surface area contributed by atoms with Gasteiger partial charge in [-0.25, -0.2) is 0 Å². The predicted octanol–water partition coefficient (Wildman–Crippen LogP) is 0.617. The summed E-state index contributed by atoms with van der Waals surface area (Å²) in [7, 11) is 1.84. The molecule has 3 aliphatic heterocycles. The smallest absolute Gasteiger partial charge is 0.251 e. The minimum atomic E-state index is -0.203. The van der Waals surface area contributed by atoms with Crippen LogP contribution in [-0.4, -0.2) is 98.7 Å². The highest BCUT2D eigenvalue weighted by Gasteiger charge is 2.31. The van der Waals surface area contributed by atoms with Crippen molar-refractivity contribution >= 4 is 11.9 Å². The molecule has 0 saturated carbocycles. The van der Waals surface area contributed by atoms with E-state index in [-0.39, 0.29) is 12.0 Å². The number of amides is 1. The maximum atomic E-state index is 12.5. The molecule has 0 aliphatic carbocycles. The molecule has 3 rings (SSSR count). The quantitative estimate of drug-likeness (QED) is 0.572. The Hall–Kier alpha value is -1.34. The van der Waals surface area contributed by atoms with E-state index in [0.717, 1.165) is 64.7 Å². The van der Waals surface area contributed by atoms with Gasteiger partial charge in [-0.2, -0.15) is 0 Å². The van der Waals surface area contributed by atoms with Crippen molar-refractivity contribution in [1.29, 1.82) is 0 Å². The van der Waals surface area contributed by atoms with E-state index in [1.54, 1.807) is 0 Å². The molecule has 1 N–H and O–H groups in total. The van der Waals surface area contributed by atoms with E-state index >= 15 is 0 Å². The molecule has 3 saturated heterocycles. The number of nitrogens with zero attached hydrogens (tertiary/aromatic N) is 4. The van der Waals surface area contributed by atoms with Crippen LogP contribution < -0.4 is 5.32 Å². The Kier molecular flexibility index (Phi) is 7.14. The van der Waals surface area contributed by atoms with Crippen LogP contribution in [0.15, 0.2) is 4.99 Å². The summed E-state index contributed by atoms with van der Waals surface area (Å²) in [6.07, 6.45) is 4.36. The largest absolute Gasteiger partial charge is 0.368 e. The van der Waals surface area contributed by atoms with Crippen LogP contribution in [-0.2, 0) is 9.53 Å². The maximum absolute atomic E-state index is 12.5. The molecule has 0 aromatic carbocycles. The van der Waals surface area contributed by atoms with Crippen molar-refractivity contribution in [3.63, 3.8) is 0 Å². The second-order valence-corrected chi connectivity index (χ2v) is 7.85. The first-order valence-electron chi connectivity index (χ1n) is 10.3. The van der Waals surface area contributed by atoms with E-state index in [1.165, 1.54) is 25.9 Å². The number of carbonyl (C=O) groups excluding carboxylic acids is 1. The molecule has 0 aromatic rings. The summed E-state index contributed by atoms with van der Waals surface area (Å²) < 4.78 is 5.54.